The Labute approximate surface area is 187 Å². The standard InChI is InChI=1S/C22H29N7O3/c1-32-18-8-6-17(7-9-18)22(10-11-22)20(31)28-15-5-14-27(28)19(30)16-29-24-21(23-25-29)26-12-3-2-4-13-26/h6-9H,2-5,10-16H2,1H3. The lowest BCUT2D eigenvalue weighted by Crippen LogP contribution is -2.49. The van der Waals surface area contributed by atoms with Gasteiger partial charge in [-0.25, -0.2) is 5.01 Å². The number of amides is 2. The summed E-state index contributed by atoms with van der Waals surface area (Å²) < 4.78 is 5.24. The van der Waals surface area contributed by atoms with Crippen LogP contribution in [0.4, 0.5) is 5.95 Å². The van der Waals surface area contributed by atoms with Gasteiger partial charge >= 0.3 is 0 Å². The maximum absolute atomic E-state index is 13.5. The van der Waals surface area contributed by atoms with E-state index >= 15 is 0 Å². The number of methoxy groups -OCH3 is 1. The molecule has 0 unspecified atom stereocenters. The molecule has 0 spiro atoms. The average Bonchev–Trinajstić information content (AvgIpc) is 3.26. The van der Waals surface area contributed by atoms with Crippen LogP contribution in [0.1, 0.15) is 44.1 Å². The molecule has 2 amide bonds. The summed E-state index contributed by atoms with van der Waals surface area (Å²) in [6, 6.07) is 7.67. The number of piperidine rings is 1. The van der Waals surface area contributed by atoms with Crippen molar-refractivity contribution in [2.75, 3.05) is 38.2 Å². The van der Waals surface area contributed by atoms with E-state index in [0.717, 1.165) is 56.5 Å². The number of carbonyl (C=O) groups excluding carboxylic acids is 2. The molecule has 1 aromatic heterocycles. The molecule has 3 heterocycles. The monoisotopic (exact) mass is 439 g/mol. The van der Waals surface area contributed by atoms with Gasteiger partial charge < -0.3 is 9.64 Å². The molecule has 0 atom stereocenters. The second kappa shape index (κ2) is 8.40. The Hall–Kier alpha value is -3.17. The van der Waals surface area contributed by atoms with Crippen LogP contribution < -0.4 is 9.64 Å². The van der Waals surface area contributed by atoms with Crippen molar-refractivity contribution >= 4 is 17.8 Å². The van der Waals surface area contributed by atoms with E-state index in [1.807, 2.05) is 24.3 Å². The number of tetrazole rings is 1. The van der Waals surface area contributed by atoms with Crippen LogP contribution in [0.3, 0.4) is 0 Å². The van der Waals surface area contributed by atoms with Crippen LogP contribution in [0.2, 0.25) is 0 Å². The van der Waals surface area contributed by atoms with Gasteiger partial charge in [0.05, 0.1) is 12.5 Å². The zero-order chi connectivity index (χ0) is 22.1. The molecule has 32 heavy (non-hydrogen) atoms. The molecule has 1 saturated carbocycles. The third-order valence-electron chi connectivity index (χ3n) is 6.71. The summed E-state index contributed by atoms with van der Waals surface area (Å²) in [5.41, 5.74) is 0.439. The second-order valence-electron chi connectivity index (χ2n) is 8.78. The van der Waals surface area contributed by atoms with Gasteiger partial charge in [-0.1, -0.05) is 17.2 Å². The van der Waals surface area contributed by atoms with Gasteiger partial charge in [0.1, 0.15) is 12.3 Å². The summed E-state index contributed by atoms with van der Waals surface area (Å²) in [4.78, 5) is 30.0. The molecule has 1 aromatic carbocycles. The number of nitrogens with zero attached hydrogens (tertiary/aromatic N) is 7. The van der Waals surface area contributed by atoms with Crippen molar-refractivity contribution in [2.24, 2.45) is 0 Å². The minimum atomic E-state index is -0.540. The summed E-state index contributed by atoms with van der Waals surface area (Å²) in [5.74, 6) is 1.14. The number of rotatable bonds is 6. The quantitative estimate of drug-likeness (QED) is 0.671. The normalized spacial score (nSPS) is 19.8. The first kappa shape index (κ1) is 20.7. The highest BCUT2D eigenvalue weighted by Gasteiger charge is 2.55. The van der Waals surface area contributed by atoms with Crippen LogP contribution in [0.5, 0.6) is 5.75 Å². The molecule has 1 aliphatic carbocycles. The van der Waals surface area contributed by atoms with E-state index in [1.54, 1.807) is 17.1 Å². The lowest BCUT2D eigenvalue weighted by Gasteiger charge is -2.31. The van der Waals surface area contributed by atoms with Gasteiger partial charge in [0, 0.05) is 26.2 Å². The first-order valence-corrected chi connectivity index (χ1v) is 11.4. The number of benzene rings is 1. The third-order valence-corrected chi connectivity index (χ3v) is 6.71. The Morgan fingerprint density at radius 1 is 0.969 bits per heavy atom. The SMILES string of the molecule is COc1ccc(C2(C(=O)N3CCCN3C(=O)Cn3nnc(N4CCCCC4)n3)CC2)cc1. The van der Waals surface area contributed by atoms with E-state index < -0.39 is 5.41 Å². The summed E-state index contributed by atoms with van der Waals surface area (Å²) in [6.07, 6.45) is 5.81. The maximum Gasteiger partial charge on any atom is 0.266 e. The zero-order valence-electron chi connectivity index (χ0n) is 18.4. The van der Waals surface area contributed by atoms with Crippen LogP contribution in [-0.2, 0) is 21.5 Å². The summed E-state index contributed by atoms with van der Waals surface area (Å²) in [7, 11) is 1.63. The Balaban J connectivity index is 1.26. The average molecular weight is 440 g/mol. The van der Waals surface area contributed by atoms with E-state index in [4.69, 9.17) is 4.74 Å². The molecule has 5 rings (SSSR count). The van der Waals surface area contributed by atoms with Crippen molar-refractivity contribution in [1.29, 1.82) is 0 Å². The molecule has 3 fully saturated rings. The van der Waals surface area contributed by atoms with Gasteiger partial charge in [0.2, 0.25) is 0 Å². The lowest BCUT2D eigenvalue weighted by molar-refractivity contribution is -0.160. The van der Waals surface area contributed by atoms with Crippen LogP contribution in [0, 0.1) is 0 Å². The molecule has 0 bridgehead atoms. The predicted molar refractivity (Wildman–Crippen MR) is 116 cm³/mol. The second-order valence-corrected chi connectivity index (χ2v) is 8.78. The van der Waals surface area contributed by atoms with Gasteiger partial charge in [0.25, 0.3) is 17.8 Å². The Kier molecular flexibility index (Phi) is 5.44. The Bertz CT molecular complexity index is 980. The largest absolute Gasteiger partial charge is 0.497 e. The van der Waals surface area contributed by atoms with Gasteiger partial charge in [-0.3, -0.25) is 14.6 Å². The molecule has 3 aliphatic rings. The number of hydrogen-bond acceptors (Lipinski definition) is 7. The van der Waals surface area contributed by atoms with Crippen LogP contribution in [0.25, 0.3) is 0 Å². The van der Waals surface area contributed by atoms with Crippen molar-refractivity contribution in [2.45, 2.75) is 50.5 Å². The number of hydrogen-bond donors (Lipinski definition) is 0. The summed E-state index contributed by atoms with van der Waals surface area (Å²) in [5, 5.41) is 15.8. The molecule has 170 valence electrons. The molecule has 2 aromatic rings. The minimum Gasteiger partial charge on any atom is -0.497 e. The molecule has 2 saturated heterocycles. The Morgan fingerprint density at radius 2 is 1.69 bits per heavy atom. The topological polar surface area (TPSA) is 96.7 Å². The predicted octanol–water partition coefficient (Wildman–Crippen LogP) is 1.38. The van der Waals surface area contributed by atoms with Gasteiger partial charge in [-0.2, -0.15) is 4.80 Å². The van der Waals surface area contributed by atoms with Crippen LogP contribution in [-0.4, -0.2) is 75.3 Å². The first-order valence-electron chi connectivity index (χ1n) is 11.4. The molecule has 10 nitrogen and oxygen atoms in total. The fraction of sp³-hybridized carbons (Fsp3) is 0.591. The molecule has 2 aliphatic heterocycles. The van der Waals surface area contributed by atoms with Gasteiger partial charge in [0.15, 0.2) is 0 Å². The summed E-state index contributed by atoms with van der Waals surface area (Å²) in [6.45, 7) is 2.88. The number of carbonyl (C=O) groups is 2. The number of ether oxygens (including phenoxy) is 1. The highest BCUT2D eigenvalue weighted by atomic mass is 16.5. The minimum absolute atomic E-state index is 0.00549. The maximum atomic E-state index is 13.5. The molecule has 0 N–H and O–H groups in total. The molecule has 0 radical (unpaired) electrons. The van der Waals surface area contributed by atoms with Crippen LogP contribution in [0.15, 0.2) is 24.3 Å². The highest BCUT2D eigenvalue weighted by Crippen LogP contribution is 2.50. The van der Waals surface area contributed by atoms with E-state index in [0.29, 0.717) is 19.0 Å². The molecule has 10 heteroatoms. The van der Waals surface area contributed by atoms with Crippen molar-refractivity contribution in [3.63, 3.8) is 0 Å². The first-order chi connectivity index (χ1) is 15.6. The van der Waals surface area contributed by atoms with E-state index in [-0.39, 0.29) is 18.4 Å². The third kappa shape index (κ3) is 3.78. The fourth-order valence-corrected chi connectivity index (χ4v) is 4.72. The van der Waals surface area contributed by atoms with E-state index in [9.17, 15) is 9.59 Å². The van der Waals surface area contributed by atoms with Gasteiger partial charge in [-0.15, -0.1) is 5.10 Å². The lowest BCUT2D eigenvalue weighted by atomic mass is 9.94. The van der Waals surface area contributed by atoms with Crippen molar-refractivity contribution in [3.8, 4) is 5.75 Å². The van der Waals surface area contributed by atoms with Gasteiger partial charge in [-0.05, 0) is 61.4 Å². The Morgan fingerprint density at radius 3 is 2.38 bits per heavy atom. The van der Waals surface area contributed by atoms with Crippen LogP contribution >= 0.6 is 0 Å². The summed E-state index contributed by atoms with van der Waals surface area (Å²) >= 11 is 0. The fourth-order valence-electron chi connectivity index (χ4n) is 4.72. The number of aromatic nitrogens is 4. The number of anilines is 1. The smallest absolute Gasteiger partial charge is 0.266 e. The van der Waals surface area contributed by atoms with Crippen molar-refractivity contribution < 1.29 is 14.3 Å². The van der Waals surface area contributed by atoms with E-state index in [1.165, 1.54) is 11.2 Å². The number of hydrazine groups is 1. The van der Waals surface area contributed by atoms with Crippen molar-refractivity contribution in [1.82, 2.24) is 30.2 Å². The molecular formula is C22H29N7O3. The molecular weight excluding hydrogens is 410 g/mol. The zero-order valence-corrected chi connectivity index (χ0v) is 18.4. The van der Waals surface area contributed by atoms with E-state index in [2.05, 4.69) is 20.3 Å². The van der Waals surface area contributed by atoms with Crippen molar-refractivity contribution in [3.05, 3.63) is 29.8 Å². The highest BCUT2D eigenvalue weighted by molar-refractivity contribution is 5.93.